The number of hydrogen-bond donors (Lipinski definition) is 2. The molecule has 98 valence electrons. The molecule has 3 aromatic rings. The molecule has 4 heteroatoms. The average molecular weight is 280 g/mol. The van der Waals surface area contributed by atoms with Gasteiger partial charge in [-0.1, -0.05) is 6.07 Å². The Bertz CT molecular complexity index is 769. The van der Waals surface area contributed by atoms with E-state index < -0.39 is 0 Å². The summed E-state index contributed by atoms with van der Waals surface area (Å²) in [6.45, 7) is 0. The van der Waals surface area contributed by atoms with Gasteiger partial charge >= 0.3 is 0 Å². The molecule has 0 aliphatic heterocycles. The highest BCUT2D eigenvalue weighted by Gasteiger charge is 2.06. The smallest absolute Gasteiger partial charge is 0.255 e. The lowest BCUT2D eigenvalue weighted by Crippen LogP contribution is -2.11. The van der Waals surface area contributed by atoms with Crippen molar-refractivity contribution in [2.75, 3.05) is 5.32 Å². The van der Waals surface area contributed by atoms with Crippen LogP contribution in [-0.2, 0) is 0 Å². The lowest BCUT2D eigenvalue weighted by molar-refractivity contribution is 0.102. The van der Waals surface area contributed by atoms with Gasteiger partial charge in [-0.05, 0) is 47.9 Å². The molecule has 3 nitrogen and oxygen atoms in total. The van der Waals surface area contributed by atoms with Gasteiger partial charge in [-0.25, -0.2) is 0 Å². The Labute approximate surface area is 122 Å². The molecule has 1 heterocycles. The van der Waals surface area contributed by atoms with E-state index in [0.29, 0.717) is 5.56 Å². The highest BCUT2D eigenvalue weighted by molar-refractivity contribution is 7.80. The topological polar surface area (TPSA) is 42.0 Å². The van der Waals surface area contributed by atoms with Crippen LogP contribution in [-0.4, -0.2) is 10.9 Å². The van der Waals surface area contributed by atoms with E-state index in [4.69, 9.17) is 0 Å². The first-order valence-electron chi connectivity index (χ1n) is 6.16. The van der Waals surface area contributed by atoms with E-state index in [1.807, 2.05) is 42.5 Å². The van der Waals surface area contributed by atoms with Gasteiger partial charge in [-0.2, -0.15) is 0 Å². The number of nitrogens with zero attached hydrogens (tertiary/aromatic N) is 1. The molecule has 0 aliphatic carbocycles. The minimum atomic E-state index is -0.129. The second-order valence-corrected chi connectivity index (χ2v) is 4.96. The number of hydrogen-bond acceptors (Lipinski definition) is 3. The Kier molecular flexibility index (Phi) is 3.39. The number of rotatable bonds is 2. The molecule has 2 aromatic carbocycles. The van der Waals surface area contributed by atoms with Crippen molar-refractivity contribution in [1.29, 1.82) is 0 Å². The Hall–Kier alpha value is -2.33. The zero-order chi connectivity index (χ0) is 13.9. The quantitative estimate of drug-likeness (QED) is 0.702. The maximum atomic E-state index is 12.2. The summed E-state index contributed by atoms with van der Waals surface area (Å²) in [6, 6.07) is 14.8. The van der Waals surface area contributed by atoms with Crippen LogP contribution in [0.15, 0.2) is 65.8 Å². The van der Waals surface area contributed by atoms with Gasteiger partial charge < -0.3 is 5.32 Å². The van der Waals surface area contributed by atoms with E-state index in [9.17, 15) is 4.79 Å². The molecule has 0 radical (unpaired) electrons. The normalized spacial score (nSPS) is 10.4. The monoisotopic (exact) mass is 280 g/mol. The number of aromatic nitrogens is 1. The van der Waals surface area contributed by atoms with E-state index in [2.05, 4.69) is 22.9 Å². The standard InChI is InChI=1S/C16H12N2OS/c19-16(18-14-3-5-15(20)6-4-14)12-1-2-13-10-17-8-7-11(13)9-12/h1-10,20H,(H,18,19). The first-order valence-corrected chi connectivity index (χ1v) is 6.61. The summed E-state index contributed by atoms with van der Waals surface area (Å²) in [5.41, 5.74) is 1.38. The first kappa shape index (κ1) is 12.7. The van der Waals surface area contributed by atoms with Crippen molar-refractivity contribution in [2.45, 2.75) is 4.90 Å². The second kappa shape index (κ2) is 5.35. The molecule has 0 atom stereocenters. The van der Waals surface area contributed by atoms with E-state index in [-0.39, 0.29) is 5.91 Å². The maximum Gasteiger partial charge on any atom is 0.255 e. The molecule has 1 amide bonds. The molecule has 0 bridgehead atoms. The summed E-state index contributed by atoms with van der Waals surface area (Å²) in [6.07, 6.45) is 3.50. The summed E-state index contributed by atoms with van der Waals surface area (Å²) in [5.74, 6) is -0.129. The Morgan fingerprint density at radius 3 is 2.60 bits per heavy atom. The van der Waals surface area contributed by atoms with E-state index in [1.165, 1.54) is 0 Å². The van der Waals surface area contributed by atoms with Crippen molar-refractivity contribution in [3.05, 3.63) is 66.5 Å². The van der Waals surface area contributed by atoms with Gasteiger partial charge in [0.25, 0.3) is 5.91 Å². The minimum Gasteiger partial charge on any atom is -0.322 e. The van der Waals surface area contributed by atoms with Crippen molar-refractivity contribution in [3.63, 3.8) is 0 Å². The fraction of sp³-hybridized carbons (Fsp3) is 0. The van der Waals surface area contributed by atoms with Gasteiger partial charge in [-0.15, -0.1) is 12.6 Å². The van der Waals surface area contributed by atoms with Crippen LogP contribution in [0.2, 0.25) is 0 Å². The predicted molar refractivity (Wildman–Crippen MR) is 83.4 cm³/mol. The maximum absolute atomic E-state index is 12.2. The number of carbonyl (C=O) groups excluding carboxylic acids is 1. The van der Waals surface area contributed by atoms with Crippen molar-refractivity contribution in [1.82, 2.24) is 4.98 Å². The molecule has 1 N–H and O–H groups in total. The molecule has 0 saturated carbocycles. The highest BCUT2D eigenvalue weighted by atomic mass is 32.1. The van der Waals surface area contributed by atoms with Crippen molar-refractivity contribution in [2.24, 2.45) is 0 Å². The van der Waals surface area contributed by atoms with Gasteiger partial charge in [0, 0.05) is 33.9 Å². The number of pyridine rings is 1. The summed E-state index contributed by atoms with van der Waals surface area (Å²) < 4.78 is 0. The van der Waals surface area contributed by atoms with Crippen LogP contribution in [0.1, 0.15) is 10.4 Å². The third kappa shape index (κ3) is 2.65. The van der Waals surface area contributed by atoms with E-state index >= 15 is 0 Å². The molecule has 3 rings (SSSR count). The first-order chi connectivity index (χ1) is 9.72. The van der Waals surface area contributed by atoms with Crippen molar-refractivity contribution in [3.8, 4) is 0 Å². The molecule has 0 aliphatic rings. The summed E-state index contributed by atoms with van der Waals surface area (Å²) in [4.78, 5) is 17.1. The number of thiol groups is 1. The fourth-order valence-corrected chi connectivity index (χ4v) is 2.12. The summed E-state index contributed by atoms with van der Waals surface area (Å²) >= 11 is 4.21. The van der Waals surface area contributed by atoms with Crippen LogP contribution in [0.5, 0.6) is 0 Å². The lowest BCUT2D eigenvalue weighted by atomic mass is 10.1. The number of carbonyl (C=O) groups is 1. The zero-order valence-corrected chi connectivity index (χ0v) is 11.5. The number of amides is 1. The number of nitrogens with one attached hydrogen (secondary N) is 1. The highest BCUT2D eigenvalue weighted by Crippen LogP contribution is 2.17. The number of anilines is 1. The fourth-order valence-electron chi connectivity index (χ4n) is 1.97. The van der Waals surface area contributed by atoms with Crippen LogP contribution in [0.3, 0.4) is 0 Å². The molecule has 1 aromatic heterocycles. The zero-order valence-electron chi connectivity index (χ0n) is 10.6. The van der Waals surface area contributed by atoms with Gasteiger partial charge in [0.1, 0.15) is 0 Å². The van der Waals surface area contributed by atoms with Gasteiger partial charge in [-0.3, -0.25) is 9.78 Å². The van der Waals surface area contributed by atoms with Gasteiger partial charge in [0.15, 0.2) is 0 Å². The minimum absolute atomic E-state index is 0.129. The molecular formula is C16H12N2OS. The van der Waals surface area contributed by atoms with Crippen LogP contribution < -0.4 is 5.32 Å². The second-order valence-electron chi connectivity index (χ2n) is 4.44. The number of fused-ring (bicyclic) bond motifs is 1. The molecular weight excluding hydrogens is 268 g/mol. The van der Waals surface area contributed by atoms with E-state index in [0.717, 1.165) is 21.4 Å². The van der Waals surface area contributed by atoms with Gasteiger partial charge in [0.05, 0.1) is 0 Å². The molecule has 0 unspecified atom stereocenters. The summed E-state index contributed by atoms with van der Waals surface area (Å²) in [7, 11) is 0. The Balaban J connectivity index is 1.86. The summed E-state index contributed by atoms with van der Waals surface area (Å²) in [5, 5.41) is 4.88. The predicted octanol–water partition coefficient (Wildman–Crippen LogP) is 3.78. The molecule has 0 spiro atoms. The largest absolute Gasteiger partial charge is 0.322 e. The third-order valence-electron chi connectivity index (χ3n) is 3.03. The van der Waals surface area contributed by atoms with Crippen molar-refractivity contribution >= 4 is 35.0 Å². The van der Waals surface area contributed by atoms with E-state index in [1.54, 1.807) is 18.5 Å². The molecule has 20 heavy (non-hydrogen) atoms. The lowest BCUT2D eigenvalue weighted by Gasteiger charge is -2.06. The van der Waals surface area contributed by atoms with Crippen molar-refractivity contribution < 1.29 is 4.79 Å². The Morgan fingerprint density at radius 1 is 1.00 bits per heavy atom. The van der Waals surface area contributed by atoms with Gasteiger partial charge in [0.2, 0.25) is 0 Å². The van der Waals surface area contributed by atoms with Crippen LogP contribution in [0.4, 0.5) is 5.69 Å². The SMILES string of the molecule is O=C(Nc1ccc(S)cc1)c1ccc2cnccc2c1. The average Bonchev–Trinajstić information content (AvgIpc) is 2.49. The molecule has 0 fully saturated rings. The van der Waals surface area contributed by atoms with Crippen LogP contribution >= 0.6 is 12.6 Å². The number of benzene rings is 2. The van der Waals surface area contributed by atoms with Crippen LogP contribution in [0, 0.1) is 0 Å². The third-order valence-corrected chi connectivity index (χ3v) is 3.33. The Morgan fingerprint density at radius 2 is 1.80 bits per heavy atom. The van der Waals surface area contributed by atoms with Crippen LogP contribution in [0.25, 0.3) is 10.8 Å². The molecule has 0 saturated heterocycles.